The molecule has 0 bridgehead atoms. The molecule has 14 heavy (non-hydrogen) atoms. The second-order valence-electron chi connectivity index (χ2n) is 3.30. The fourth-order valence-electron chi connectivity index (χ4n) is 1.40. The summed E-state index contributed by atoms with van der Waals surface area (Å²) in [5, 5.41) is 3.76. The van der Waals surface area contributed by atoms with Crippen LogP contribution in [0.1, 0.15) is 17.6 Å². The topological polar surface area (TPSA) is 54.5 Å². The zero-order valence-corrected chi connectivity index (χ0v) is 8.99. The largest absolute Gasteiger partial charge is 0.365 e. The summed E-state index contributed by atoms with van der Waals surface area (Å²) in [6, 6.07) is 0. The van der Waals surface area contributed by atoms with Gasteiger partial charge in [0.1, 0.15) is 0 Å². The van der Waals surface area contributed by atoms with Crippen LogP contribution in [0.3, 0.4) is 0 Å². The number of halogens is 1. The maximum absolute atomic E-state index is 5.09. The maximum atomic E-state index is 5.09. The molecule has 78 valence electrons. The molecule has 0 N–H and O–H groups in total. The highest BCUT2D eigenvalue weighted by Gasteiger charge is 2.21. The molecule has 1 aromatic rings. The lowest BCUT2D eigenvalue weighted by molar-refractivity contribution is 0.322. The average Bonchev–Trinajstić information content (AvgIpc) is 2.52. The van der Waals surface area contributed by atoms with E-state index < -0.39 is 0 Å². The van der Waals surface area contributed by atoms with Crippen molar-refractivity contribution in [3.63, 3.8) is 0 Å². The summed E-state index contributed by atoms with van der Waals surface area (Å²) >= 11 is 0. The highest BCUT2D eigenvalue weighted by Crippen LogP contribution is 2.16. The normalized spacial score (nSPS) is 20.7. The molecule has 0 amide bonds. The molecule has 0 saturated carbocycles. The van der Waals surface area contributed by atoms with Gasteiger partial charge in [-0.15, -0.1) is 12.4 Å². The Morgan fingerprint density at radius 2 is 2.36 bits per heavy atom. The van der Waals surface area contributed by atoms with Crippen molar-refractivity contribution in [2.45, 2.75) is 12.8 Å². The van der Waals surface area contributed by atoms with Gasteiger partial charge in [0.05, 0.1) is 18.8 Å². The Kier molecular flexibility index (Phi) is 3.46. The molecule has 1 atom stereocenters. The van der Waals surface area contributed by atoms with E-state index in [4.69, 9.17) is 4.52 Å². The van der Waals surface area contributed by atoms with E-state index >= 15 is 0 Å². The third kappa shape index (κ3) is 2.23. The van der Waals surface area contributed by atoms with Crippen molar-refractivity contribution in [2.75, 3.05) is 20.1 Å². The van der Waals surface area contributed by atoms with Gasteiger partial charge >= 0.3 is 0 Å². The molecule has 5 nitrogen and oxygen atoms in total. The molecule has 0 aromatic carbocycles. The van der Waals surface area contributed by atoms with Crippen molar-refractivity contribution >= 4 is 18.7 Å². The number of nitrogens with zero attached hydrogens (tertiary/aromatic N) is 4. The van der Waals surface area contributed by atoms with Crippen molar-refractivity contribution in [1.29, 1.82) is 0 Å². The van der Waals surface area contributed by atoms with Crippen LogP contribution in [0.5, 0.6) is 0 Å². The van der Waals surface area contributed by atoms with Crippen LogP contribution in [0.2, 0.25) is 0 Å². The number of aromatic nitrogens is 2. The standard InChI is InChI=1S/C8H12N4O.ClH/c1-6-10-8(13-11-6)7-3-9-5-12(2)4-7;/h5,7H,3-4H2,1-2H3;1H. The first kappa shape index (κ1) is 11.0. The quantitative estimate of drug-likeness (QED) is 0.699. The summed E-state index contributed by atoms with van der Waals surface area (Å²) in [4.78, 5) is 10.4. The summed E-state index contributed by atoms with van der Waals surface area (Å²) in [7, 11) is 1.99. The molecule has 0 aliphatic carbocycles. The van der Waals surface area contributed by atoms with Crippen LogP contribution in [0, 0.1) is 6.92 Å². The lowest BCUT2D eigenvalue weighted by atomic mass is 10.1. The van der Waals surface area contributed by atoms with E-state index in [1.165, 1.54) is 0 Å². The van der Waals surface area contributed by atoms with Crippen LogP contribution in [0.15, 0.2) is 9.52 Å². The van der Waals surface area contributed by atoms with E-state index in [9.17, 15) is 0 Å². The van der Waals surface area contributed by atoms with Gasteiger partial charge < -0.3 is 9.42 Å². The zero-order valence-electron chi connectivity index (χ0n) is 8.17. The van der Waals surface area contributed by atoms with Gasteiger partial charge in [-0.05, 0) is 6.92 Å². The van der Waals surface area contributed by atoms with E-state index in [0.717, 1.165) is 13.1 Å². The molecule has 1 aliphatic rings. The summed E-state index contributed by atoms with van der Waals surface area (Å²) in [6.07, 6.45) is 1.83. The first-order valence-electron chi connectivity index (χ1n) is 4.26. The maximum Gasteiger partial charge on any atom is 0.233 e. The second-order valence-corrected chi connectivity index (χ2v) is 3.30. The van der Waals surface area contributed by atoms with Crippen LogP contribution in [-0.2, 0) is 0 Å². The summed E-state index contributed by atoms with van der Waals surface area (Å²) < 4.78 is 5.09. The second kappa shape index (κ2) is 4.41. The molecule has 0 fully saturated rings. The number of aryl methyl sites for hydroxylation is 1. The minimum Gasteiger partial charge on any atom is -0.365 e. The minimum absolute atomic E-state index is 0. The summed E-state index contributed by atoms with van der Waals surface area (Å²) in [5.74, 6) is 1.63. The van der Waals surface area contributed by atoms with Crippen molar-refractivity contribution in [3.05, 3.63) is 11.7 Å². The zero-order chi connectivity index (χ0) is 9.26. The highest BCUT2D eigenvalue weighted by molar-refractivity contribution is 5.85. The molecule has 2 rings (SSSR count). The Hall–Kier alpha value is -1.10. The number of rotatable bonds is 1. The number of hydrogen-bond acceptors (Lipinski definition) is 5. The van der Waals surface area contributed by atoms with Crippen molar-refractivity contribution in [2.24, 2.45) is 4.99 Å². The smallest absolute Gasteiger partial charge is 0.233 e. The van der Waals surface area contributed by atoms with E-state index in [2.05, 4.69) is 15.1 Å². The minimum atomic E-state index is 0. The number of hydrogen-bond donors (Lipinski definition) is 0. The molecule has 1 aromatic heterocycles. The Bertz CT molecular complexity index is 325. The van der Waals surface area contributed by atoms with Crippen molar-refractivity contribution in [1.82, 2.24) is 15.0 Å². The number of likely N-dealkylation sites (N-methyl/N-ethyl adjacent to an activating group) is 1. The van der Waals surface area contributed by atoms with Gasteiger partial charge in [-0.25, -0.2) is 0 Å². The molecule has 6 heteroatoms. The van der Waals surface area contributed by atoms with Gasteiger partial charge in [0.15, 0.2) is 5.82 Å². The van der Waals surface area contributed by atoms with Crippen molar-refractivity contribution in [3.8, 4) is 0 Å². The van der Waals surface area contributed by atoms with Gasteiger partial charge in [0.25, 0.3) is 0 Å². The van der Waals surface area contributed by atoms with Crippen LogP contribution in [0.4, 0.5) is 0 Å². The molecule has 0 saturated heterocycles. The van der Waals surface area contributed by atoms with Crippen LogP contribution >= 0.6 is 12.4 Å². The first-order chi connectivity index (χ1) is 6.25. The van der Waals surface area contributed by atoms with Crippen LogP contribution in [0.25, 0.3) is 0 Å². The van der Waals surface area contributed by atoms with Crippen molar-refractivity contribution < 1.29 is 4.52 Å². The Morgan fingerprint density at radius 3 is 2.93 bits per heavy atom. The fraction of sp³-hybridized carbons (Fsp3) is 0.625. The lowest BCUT2D eigenvalue weighted by Gasteiger charge is -2.22. The van der Waals surface area contributed by atoms with Gasteiger partial charge in [0.2, 0.25) is 5.89 Å². The Balaban J connectivity index is 0.000000980. The Morgan fingerprint density at radius 1 is 1.57 bits per heavy atom. The van der Waals surface area contributed by atoms with Gasteiger partial charge in [-0.3, -0.25) is 4.99 Å². The number of aliphatic imine (C=N–C) groups is 1. The predicted molar refractivity (Wildman–Crippen MR) is 55.0 cm³/mol. The van der Waals surface area contributed by atoms with E-state index in [-0.39, 0.29) is 18.3 Å². The lowest BCUT2D eigenvalue weighted by Crippen LogP contribution is -2.29. The summed E-state index contributed by atoms with van der Waals surface area (Å²) in [6.45, 7) is 3.46. The third-order valence-corrected chi connectivity index (χ3v) is 2.01. The highest BCUT2D eigenvalue weighted by atomic mass is 35.5. The van der Waals surface area contributed by atoms with Gasteiger partial charge in [-0.1, -0.05) is 5.16 Å². The molecule has 1 aliphatic heterocycles. The molecule has 0 spiro atoms. The SMILES string of the molecule is Cc1noc(C2CN=CN(C)C2)n1.Cl. The first-order valence-corrected chi connectivity index (χ1v) is 4.26. The monoisotopic (exact) mass is 216 g/mol. The molecule has 0 radical (unpaired) electrons. The molecule has 1 unspecified atom stereocenters. The Labute approximate surface area is 88.6 Å². The summed E-state index contributed by atoms with van der Waals surface area (Å²) in [5.41, 5.74) is 0. The van der Waals surface area contributed by atoms with E-state index in [0.29, 0.717) is 11.7 Å². The third-order valence-electron chi connectivity index (χ3n) is 2.01. The average molecular weight is 217 g/mol. The molecular weight excluding hydrogens is 204 g/mol. The molecule has 2 heterocycles. The predicted octanol–water partition coefficient (Wildman–Crippen LogP) is 0.857. The fourth-order valence-corrected chi connectivity index (χ4v) is 1.40. The van der Waals surface area contributed by atoms with Gasteiger partial charge in [-0.2, -0.15) is 4.98 Å². The van der Waals surface area contributed by atoms with Crippen LogP contribution in [-0.4, -0.2) is 41.5 Å². The van der Waals surface area contributed by atoms with E-state index in [1.807, 2.05) is 25.2 Å². The van der Waals surface area contributed by atoms with Crippen LogP contribution < -0.4 is 0 Å². The molecular formula is C8H13ClN4O. The van der Waals surface area contributed by atoms with E-state index in [1.54, 1.807) is 0 Å². The van der Waals surface area contributed by atoms with Gasteiger partial charge in [0, 0.05) is 13.6 Å².